The molecule has 0 aliphatic carbocycles. The zero-order valence-electron chi connectivity index (χ0n) is 10.4. The minimum Gasteiger partial charge on any atom is -0.477 e. The Kier molecular flexibility index (Phi) is 3.34. The molecule has 0 aliphatic heterocycles. The van der Waals surface area contributed by atoms with Gasteiger partial charge in [0.25, 0.3) is 5.56 Å². The van der Waals surface area contributed by atoms with E-state index in [-0.39, 0.29) is 5.56 Å². The zero-order chi connectivity index (χ0) is 14.9. The number of aromatic carboxylic acids is 1. The highest BCUT2D eigenvalue weighted by Crippen LogP contribution is 2.09. The number of aromatic nitrogens is 2. The predicted octanol–water partition coefficient (Wildman–Crippen LogP) is 0.00280. The van der Waals surface area contributed by atoms with E-state index in [4.69, 9.17) is 5.11 Å². The molecule has 0 radical (unpaired) electrons. The van der Waals surface area contributed by atoms with E-state index in [9.17, 15) is 19.2 Å². The molecule has 0 saturated carbocycles. The minimum absolute atomic E-state index is 0.166. The summed E-state index contributed by atoms with van der Waals surface area (Å²) in [6.45, 7) is 0. The normalized spacial score (nSPS) is 10.2. The number of rotatable bonds is 3. The molecule has 2 N–H and O–H groups in total. The van der Waals surface area contributed by atoms with Crippen LogP contribution < -0.4 is 11.2 Å². The van der Waals surface area contributed by atoms with Crippen molar-refractivity contribution in [2.45, 2.75) is 0 Å². The highest BCUT2D eigenvalue weighted by atomic mass is 16.4. The van der Waals surface area contributed by atoms with Gasteiger partial charge in [-0.25, -0.2) is 9.59 Å². The summed E-state index contributed by atoms with van der Waals surface area (Å²) in [6.07, 6.45) is 0. The quantitative estimate of drug-likeness (QED) is 0.766. The standard InChI is InChI=1S/C13H10N2O5/c1-15-9(12(18)19)8(11(17)14-13(15)20)10(16)7-5-3-2-4-6-7/h2-6H,1H3,(H,18,19)(H,14,17,20). The number of carbonyl (C=O) groups excluding carboxylic acids is 1. The van der Waals surface area contributed by atoms with Gasteiger partial charge in [0.1, 0.15) is 11.3 Å². The maximum Gasteiger partial charge on any atom is 0.353 e. The van der Waals surface area contributed by atoms with Gasteiger partial charge in [0.05, 0.1) is 0 Å². The molecule has 0 fully saturated rings. The van der Waals surface area contributed by atoms with Gasteiger partial charge in [-0.2, -0.15) is 0 Å². The van der Waals surface area contributed by atoms with Crippen LogP contribution in [0.1, 0.15) is 26.4 Å². The molecule has 0 unspecified atom stereocenters. The molecule has 0 saturated heterocycles. The number of carboxylic acids is 1. The molecule has 7 heteroatoms. The molecule has 20 heavy (non-hydrogen) atoms. The molecule has 2 aromatic rings. The van der Waals surface area contributed by atoms with Crippen molar-refractivity contribution in [2.75, 3.05) is 0 Å². The fourth-order valence-corrected chi connectivity index (χ4v) is 1.82. The van der Waals surface area contributed by atoms with Gasteiger partial charge in [-0.3, -0.25) is 19.1 Å². The molecule has 0 bridgehead atoms. The van der Waals surface area contributed by atoms with E-state index in [0.717, 1.165) is 4.57 Å². The first-order chi connectivity index (χ1) is 9.43. The van der Waals surface area contributed by atoms with Crippen LogP contribution in [0.4, 0.5) is 0 Å². The van der Waals surface area contributed by atoms with Crippen molar-refractivity contribution in [1.29, 1.82) is 0 Å². The molecule has 1 aromatic carbocycles. The van der Waals surface area contributed by atoms with Crippen LogP contribution in [0.3, 0.4) is 0 Å². The van der Waals surface area contributed by atoms with Gasteiger partial charge in [-0.15, -0.1) is 0 Å². The number of carbonyl (C=O) groups is 2. The monoisotopic (exact) mass is 274 g/mol. The number of ketones is 1. The lowest BCUT2D eigenvalue weighted by molar-refractivity contribution is 0.0679. The maximum absolute atomic E-state index is 12.3. The van der Waals surface area contributed by atoms with Gasteiger partial charge in [0.15, 0.2) is 0 Å². The van der Waals surface area contributed by atoms with Crippen LogP contribution in [-0.4, -0.2) is 26.4 Å². The second kappa shape index (κ2) is 4.96. The summed E-state index contributed by atoms with van der Waals surface area (Å²) in [6, 6.07) is 7.77. The second-order valence-corrected chi connectivity index (χ2v) is 4.04. The topological polar surface area (TPSA) is 109 Å². The number of carboxylic acid groups (broad SMARTS) is 1. The lowest BCUT2D eigenvalue weighted by Crippen LogP contribution is -2.37. The van der Waals surface area contributed by atoms with Gasteiger partial charge in [0, 0.05) is 12.6 Å². The Morgan fingerprint density at radius 1 is 1.15 bits per heavy atom. The average molecular weight is 274 g/mol. The Morgan fingerprint density at radius 2 is 1.75 bits per heavy atom. The summed E-state index contributed by atoms with van der Waals surface area (Å²) in [7, 11) is 1.17. The SMILES string of the molecule is Cn1c(C(=O)O)c(C(=O)c2ccccc2)c(=O)[nH]c1=O. The Balaban J connectivity index is 2.78. The summed E-state index contributed by atoms with van der Waals surface area (Å²) in [5.74, 6) is -2.27. The van der Waals surface area contributed by atoms with E-state index in [1.807, 2.05) is 4.98 Å². The fraction of sp³-hybridized carbons (Fsp3) is 0.0769. The summed E-state index contributed by atoms with van der Waals surface area (Å²) in [5, 5.41) is 9.13. The van der Waals surface area contributed by atoms with Crippen LogP contribution in [0.15, 0.2) is 39.9 Å². The van der Waals surface area contributed by atoms with Crippen LogP contribution in [-0.2, 0) is 7.05 Å². The first kappa shape index (κ1) is 13.5. The summed E-state index contributed by atoms with van der Waals surface area (Å²) < 4.78 is 0.722. The number of H-pyrrole nitrogens is 1. The molecule has 7 nitrogen and oxygen atoms in total. The lowest BCUT2D eigenvalue weighted by atomic mass is 10.0. The highest BCUT2D eigenvalue weighted by Gasteiger charge is 2.25. The molecule has 0 spiro atoms. The van der Waals surface area contributed by atoms with Gasteiger partial charge in [-0.05, 0) is 0 Å². The first-order valence-electron chi connectivity index (χ1n) is 5.60. The second-order valence-electron chi connectivity index (χ2n) is 4.04. The first-order valence-corrected chi connectivity index (χ1v) is 5.60. The van der Waals surface area contributed by atoms with Crippen molar-refractivity contribution in [2.24, 2.45) is 7.05 Å². The smallest absolute Gasteiger partial charge is 0.353 e. The summed E-state index contributed by atoms with van der Waals surface area (Å²) >= 11 is 0. The van der Waals surface area contributed by atoms with Crippen molar-refractivity contribution < 1.29 is 14.7 Å². The van der Waals surface area contributed by atoms with Crippen molar-refractivity contribution in [3.8, 4) is 0 Å². The Labute approximate surface area is 112 Å². The molecule has 0 aliphatic rings. The molecule has 1 heterocycles. The van der Waals surface area contributed by atoms with Crippen molar-refractivity contribution in [3.05, 3.63) is 68.0 Å². The van der Waals surface area contributed by atoms with Crippen molar-refractivity contribution in [1.82, 2.24) is 9.55 Å². The van der Waals surface area contributed by atoms with E-state index >= 15 is 0 Å². The van der Waals surface area contributed by atoms with Crippen LogP contribution in [0, 0.1) is 0 Å². The van der Waals surface area contributed by atoms with E-state index in [2.05, 4.69) is 0 Å². The number of hydrogen-bond donors (Lipinski definition) is 2. The third kappa shape index (κ3) is 2.16. The van der Waals surface area contributed by atoms with E-state index < -0.39 is 34.3 Å². The van der Waals surface area contributed by atoms with Gasteiger partial charge in [0.2, 0.25) is 5.78 Å². The lowest BCUT2D eigenvalue weighted by Gasteiger charge is -2.08. The van der Waals surface area contributed by atoms with Crippen molar-refractivity contribution >= 4 is 11.8 Å². The van der Waals surface area contributed by atoms with Gasteiger partial charge < -0.3 is 5.11 Å². The average Bonchev–Trinajstić information content (AvgIpc) is 2.42. The molecule has 0 amide bonds. The number of nitrogens with zero attached hydrogens (tertiary/aromatic N) is 1. The predicted molar refractivity (Wildman–Crippen MR) is 69.1 cm³/mol. The molecule has 1 aromatic heterocycles. The molecule has 102 valence electrons. The Morgan fingerprint density at radius 3 is 2.30 bits per heavy atom. The van der Waals surface area contributed by atoms with Crippen LogP contribution in [0.25, 0.3) is 0 Å². The van der Waals surface area contributed by atoms with Crippen LogP contribution in [0.2, 0.25) is 0 Å². The fourth-order valence-electron chi connectivity index (χ4n) is 1.82. The molecular weight excluding hydrogens is 264 g/mol. The van der Waals surface area contributed by atoms with Crippen LogP contribution >= 0.6 is 0 Å². The summed E-state index contributed by atoms with van der Waals surface area (Å²) in [5.41, 5.74) is -2.94. The third-order valence-electron chi connectivity index (χ3n) is 2.79. The Bertz CT molecular complexity index is 802. The molecule has 0 atom stereocenters. The number of nitrogens with one attached hydrogen (secondary N) is 1. The molecular formula is C13H10N2O5. The maximum atomic E-state index is 12.3. The largest absolute Gasteiger partial charge is 0.477 e. The molecule has 2 rings (SSSR count). The number of hydrogen-bond acceptors (Lipinski definition) is 4. The van der Waals surface area contributed by atoms with Gasteiger partial charge in [-0.1, -0.05) is 30.3 Å². The minimum atomic E-state index is -1.52. The number of aromatic amines is 1. The van der Waals surface area contributed by atoms with Crippen LogP contribution in [0.5, 0.6) is 0 Å². The van der Waals surface area contributed by atoms with E-state index in [1.165, 1.54) is 19.2 Å². The Hall–Kier alpha value is -2.96. The summed E-state index contributed by atoms with van der Waals surface area (Å²) in [4.78, 5) is 48.6. The number of benzene rings is 1. The third-order valence-corrected chi connectivity index (χ3v) is 2.79. The van der Waals surface area contributed by atoms with E-state index in [1.54, 1.807) is 18.2 Å². The van der Waals surface area contributed by atoms with Gasteiger partial charge >= 0.3 is 11.7 Å². The highest BCUT2D eigenvalue weighted by molar-refractivity contribution is 6.13. The van der Waals surface area contributed by atoms with Crippen molar-refractivity contribution in [3.63, 3.8) is 0 Å². The zero-order valence-corrected chi connectivity index (χ0v) is 10.4. The van der Waals surface area contributed by atoms with E-state index in [0.29, 0.717) is 0 Å².